The highest BCUT2D eigenvalue weighted by atomic mass is 35.5. The van der Waals surface area contributed by atoms with Crippen molar-refractivity contribution in [2.75, 3.05) is 10.6 Å². The molecule has 150 valence electrons. The zero-order valence-corrected chi connectivity index (χ0v) is 17.2. The summed E-state index contributed by atoms with van der Waals surface area (Å²) in [6.07, 6.45) is 0.116. The fourth-order valence-corrected chi connectivity index (χ4v) is 2.82. The molecule has 7 heteroatoms. The monoisotopic (exact) mass is 411 g/mol. The van der Waals surface area contributed by atoms with E-state index < -0.39 is 0 Å². The van der Waals surface area contributed by atoms with Crippen LogP contribution in [-0.4, -0.2) is 17.0 Å². The lowest BCUT2D eigenvalue weighted by Gasteiger charge is -2.12. The van der Waals surface area contributed by atoms with E-state index in [2.05, 4.69) is 15.8 Å². The standard InChI is InChI=1S/C22H22ClN3O3/c1-22(2,3)19-12-16(26-29-19)13-20(27)24-14-8-10-15(11-9-14)25-21(28)17-6-4-5-7-18(17)23/h4-12H,13H2,1-3H3,(H,24,27)(H,25,28). The number of aromatic nitrogens is 1. The van der Waals surface area contributed by atoms with Gasteiger partial charge in [0.15, 0.2) is 0 Å². The van der Waals surface area contributed by atoms with Gasteiger partial charge in [-0.15, -0.1) is 0 Å². The first-order chi connectivity index (χ1) is 13.7. The predicted octanol–water partition coefficient (Wildman–Crippen LogP) is 5.06. The van der Waals surface area contributed by atoms with Crippen LogP contribution in [0, 0.1) is 0 Å². The highest BCUT2D eigenvalue weighted by Crippen LogP contribution is 2.23. The Labute approximate surface area is 174 Å². The van der Waals surface area contributed by atoms with Gasteiger partial charge in [-0.1, -0.05) is 49.7 Å². The first kappa shape index (κ1) is 20.6. The summed E-state index contributed by atoms with van der Waals surface area (Å²) in [5.74, 6) is 0.235. The molecule has 0 fully saturated rings. The molecule has 2 aromatic carbocycles. The van der Waals surface area contributed by atoms with Crippen molar-refractivity contribution in [2.24, 2.45) is 0 Å². The molecule has 3 aromatic rings. The number of amides is 2. The molecule has 0 aliphatic rings. The summed E-state index contributed by atoms with van der Waals surface area (Å²) in [6.45, 7) is 6.05. The molecule has 2 N–H and O–H groups in total. The molecule has 0 unspecified atom stereocenters. The van der Waals surface area contributed by atoms with Gasteiger partial charge in [-0.2, -0.15) is 0 Å². The Balaban J connectivity index is 1.57. The summed E-state index contributed by atoms with van der Waals surface area (Å²) in [5.41, 5.74) is 2.03. The Kier molecular flexibility index (Phi) is 6.03. The number of nitrogens with zero attached hydrogens (tertiary/aromatic N) is 1. The molecule has 1 aromatic heterocycles. The summed E-state index contributed by atoms with van der Waals surface area (Å²) >= 11 is 6.04. The summed E-state index contributed by atoms with van der Waals surface area (Å²) in [7, 11) is 0. The van der Waals surface area contributed by atoms with Crippen LogP contribution in [0.3, 0.4) is 0 Å². The molecule has 2 amide bonds. The van der Waals surface area contributed by atoms with E-state index in [1.807, 2.05) is 20.8 Å². The van der Waals surface area contributed by atoms with Gasteiger partial charge in [-0.25, -0.2) is 0 Å². The van der Waals surface area contributed by atoms with Crippen molar-refractivity contribution in [3.63, 3.8) is 0 Å². The highest BCUT2D eigenvalue weighted by molar-refractivity contribution is 6.34. The number of carbonyl (C=O) groups excluding carboxylic acids is 2. The van der Waals surface area contributed by atoms with Gasteiger partial charge in [0.25, 0.3) is 5.91 Å². The van der Waals surface area contributed by atoms with E-state index in [0.717, 1.165) is 5.76 Å². The number of carbonyl (C=O) groups is 2. The van der Waals surface area contributed by atoms with Gasteiger partial charge in [-0.05, 0) is 36.4 Å². The summed E-state index contributed by atoms with van der Waals surface area (Å²) < 4.78 is 5.30. The maximum Gasteiger partial charge on any atom is 0.257 e. The van der Waals surface area contributed by atoms with Crippen LogP contribution in [0.25, 0.3) is 0 Å². The van der Waals surface area contributed by atoms with E-state index in [-0.39, 0.29) is 23.7 Å². The fourth-order valence-electron chi connectivity index (χ4n) is 2.60. The van der Waals surface area contributed by atoms with Crippen LogP contribution >= 0.6 is 11.6 Å². The predicted molar refractivity (Wildman–Crippen MR) is 113 cm³/mol. The van der Waals surface area contributed by atoms with E-state index in [9.17, 15) is 9.59 Å². The smallest absolute Gasteiger partial charge is 0.257 e. The van der Waals surface area contributed by atoms with Crippen molar-refractivity contribution in [1.82, 2.24) is 5.16 Å². The second kappa shape index (κ2) is 8.49. The van der Waals surface area contributed by atoms with Crippen LogP contribution in [-0.2, 0) is 16.6 Å². The third-order valence-electron chi connectivity index (χ3n) is 4.18. The normalized spacial score (nSPS) is 11.2. The number of nitrogens with one attached hydrogen (secondary N) is 2. The van der Waals surface area contributed by atoms with E-state index in [1.54, 1.807) is 54.6 Å². The zero-order chi connectivity index (χ0) is 21.0. The molecule has 0 aliphatic carbocycles. The second-order valence-electron chi connectivity index (χ2n) is 7.67. The minimum Gasteiger partial charge on any atom is -0.361 e. The molecule has 0 atom stereocenters. The van der Waals surface area contributed by atoms with Crippen molar-refractivity contribution < 1.29 is 14.1 Å². The molecule has 0 saturated carbocycles. The molecule has 3 rings (SSSR count). The SMILES string of the molecule is CC(C)(C)c1cc(CC(=O)Nc2ccc(NC(=O)c3ccccc3Cl)cc2)no1. The topological polar surface area (TPSA) is 84.2 Å². The third kappa shape index (κ3) is 5.45. The van der Waals surface area contributed by atoms with Gasteiger partial charge in [0.1, 0.15) is 5.76 Å². The molecule has 0 saturated heterocycles. The number of hydrogen-bond acceptors (Lipinski definition) is 4. The van der Waals surface area contributed by atoms with Crippen LogP contribution in [0.15, 0.2) is 59.1 Å². The lowest BCUT2D eigenvalue weighted by atomic mass is 9.93. The lowest BCUT2D eigenvalue weighted by molar-refractivity contribution is -0.115. The van der Waals surface area contributed by atoms with Gasteiger partial charge in [0.05, 0.1) is 22.7 Å². The van der Waals surface area contributed by atoms with E-state index in [4.69, 9.17) is 16.1 Å². The van der Waals surface area contributed by atoms with Crippen LogP contribution in [0.4, 0.5) is 11.4 Å². The first-order valence-corrected chi connectivity index (χ1v) is 9.52. The fraction of sp³-hybridized carbons (Fsp3) is 0.227. The number of hydrogen-bond donors (Lipinski definition) is 2. The minimum absolute atomic E-state index is 0.116. The summed E-state index contributed by atoms with van der Waals surface area (Å²) in [4.78, 5) is 24.5. The quantitative estimate of drug-likeness (QED) is 0.614. The number of halogens is 1. The summed E-state index contributed by atoms with van der Waals surface area (Å²) in [6, 6.07) is 15.5. The Morgan fingerprint density at radius 1 is 1.00 bits per heavy atom. The molecule has 6 nitrogen and oxygen atoms in total. The van der Waals surface area contributed by atoms with Gasteiger partial charge in [-0.3, -0.25) is 9.59 Å². The molecule has 1 heterocycles. The van der Waals surface area contributed by atoms with Crippen LogP contribution in [0.1, 0.15) is 42.6 Å². The zero-order valence-electron chi connectivity index (χ0n) is 16.5. The molecular weight excluding hydrogens is 390 g/mol. The molecule has 0 spiro atoms. The van der Waals surface area contributed by atoms with Crippen molar-refractivity contribution in [1.29, 1.82) is 0 Å². The van der Waals surface area contributed by atoms with Crippen LogP contribution in [0.5, 0.6) is 0 Å². The minimum atomic E-state index is -0.298. The molecular formula is C22H22ClN3O3. The highest BCUT2D eigenvalue weighted by Gasteiger charge is 2.20. The maximum absolute atomic E-state index is 12.3. The van der Waals surface area contributed by atoms with Crippen molar-refractivity contribution in [3.8, 4) is 0 Å². The van der Waals surface area contributed by atoms with Gasteiger partial charge < -0.3 is 15.2 Å². The Morgan fingerprint density at radius 2 is 1.62 bits per heavy atom. The second-order valence-corrected chi connectivity index (χ2v) is 8.08. The molecule has 0 radical (unpaired) electrons. The third-order valence-corrected chi connectivity index (χ3v) is 4.51. The number of anilines is 2. The first-order valence-electron chi connectivity index (χ1n) is 9.14. The van der Waals surface area contributed by atoms with Crippen molar-refractivity contribution >= 4 is 34.8 Å². The molecule has 0 bridgehead atoms. The van der Waals surface area contributed by atoms with Crippen molar-refractivity contribution in [3.05, 3.63) is 76.6 Å². The Hall–Kier alpha value is -3.12. The van der Waals surface area contributed by atoms with Crippen LogP contribution < -0.4 is 10.6 Å². The van der Waals surface area contributed by atoms with Gasteiger partial charge in [0, 0.05) is 22.9 Å². The van der Waals surface area contributed by atoms with E-state index in [0.29, 0.717) is 27.7 Å². The maximum atomic E-state index is 12.3. The molecule has 29 heavy (non-hydrogen) atoms. The summed E-state index contributed by atoms with van der Waals surface area (Å²) in [5, 5.41) is 9.92. The Morgan fingerprint density at radius 3 is 2.21 bits per heavy atom. The Bertz CT molecular complexity index is 1020. The number of benzene rings is 2. The lowest BCUT2D eigenvalue weighted by Crippen LogP contribution is -2.15. The average Bonchev–Trinajstić information content (AvgIpc) is 3.12. The van der Waals surface area contributed by atoms with Crippen molar-refractivity contribution in [2.45, 2.75) is 32.6 Å². The van der Waals surface area contributed by atoms with E-state index >= 15 is 0 Å². The van der Waals surface area contributed by atoms with Crippen LogP contribution in [0.2, 0.25) is 5.02 Å². The van der Waals surface area contributed by atoms with E-state index in [1.165, 1.54) is 0 Å². The average molecular weight is 412 g/mol. The molecule has 0 aliphatic heterocycles. The van der Waals surface area contributed by atoms with Gasteiger partial charge in [0.2, 0.25) is 5.91 Å². The number of rotatable bonds is 5. The van der Waals surface area contributed by atoms with Gasteiger partial charge >= 0.3 is 0 Å². The largest absolute Gasteiger partial charge is 0.361 e.